The molecule has 1 aromatic carbocycles. The number of carbonyl (C=O) groups excluding carboxylic acids is 2. The molecule has 1 aromatic rings. The van der Waals surface area contributed by atoms with Crippen LogP contribution in [0.4, 0.5) is 0 Å². The van der Waals surface area contributed by atoms with E-state index in [4.69, 9.17) is 22.4 Å². The second-order valence-corrected chi connectivity index (χ2v) is 5.56. The fourth-order valence-corrected chi connectivity index (χ4v) is 2.36. The van der Waals surface area contributed by atoms with Gasteiger partial charge in [0.25, 0.3) is 0 Å². The van der Waals surface area contributed by atoms with Gasteiger partial charge in [0.2, 0.25) is 11.8 Å². The van der Waals surface area contributed by atoms with Crippen LogP contribution in [0.1, 0.15) is 24.8 Å². The van der Waals surface area contributed by atoms with Gasteiger partial charge in [0.1, 0.15) is 6.04 Å². The van der Waals surface area contributed by atoms with Crippen molar-refractivity contribution in [3.8, 4) is 0 Å². The monoisotopic (exact) mass is 310 g/mol. The van der Waals surface area contributed by atoms with E-state index in [-0.39, 0.29) is 0 Å². The number of hydrogen-bond acceptors (Lipinski definition) is 3. The third kappa shape index (κ3) is 3.33. The average Bonchev–Trinajstić information content (AvgIpc) is 3.19. The van der Waals surface area contributed by atoms with Crippen LogP contribution >= 0.6 is 11.6 Å². The molecule has 0 unspecified atom stereocenters. The Hall–Kier alpha value is -2.08. The summed E-state index contributed by atoms with van der Waals surface area (Å²) in [5.41, 5.74) is 5.05. The number of nitrogens with two attached hydrogens (primary N) is 1. The summed E-state index contributed by atoms with van der Waals surface area (Å²) in [5, 5.41) is 12.0. The highest BCUT2D eigenvalue weighted by atomic mass is 35.5. The van der Waals surface area contributed by atoms with Gasteiger partial charge in [-0.1, -0.05) is 23.7 Å². The number of halogens is 1. The molecule has 0 spiro atoms. The van der Waals surface area contributed by atoms with Gasteiger partial charge in [-0.3, -0.25) is 9.59 Å². The smallest absolute Gasteiger partial charge is 0.326 e. The van der Waals surface area contributed by atoms with Crippen LogP contribution in [0.2, 0.25) is 5.02 Å². The fraction of sp³-hybridized carbons (Fsp3) is 0.357. The molecule has 1 fully saturated rings. The van der Waals surface area contributed by atoms with Crippen molar-refractivity contribution >= 4 is 29.4 Å². The zero-order valence-electron chi connectivity index (χ0n) is 11.1. The Morgan fingerprint density at radius 2 is 1.86 bits per heavy atom. The lowest BCUT2D eigenvalue weighted by molar-refractivity contribution is -0.143. The van der Waals surface area contributed by atoms with E-state index in [2.05, 4.69) is 5.32 Å². The molecule has 0 saturated heterocycles. The van der Waals surface area contributed by atoms with Crippen LogP contribution in [0.3, 0.4) is 0 Å². The number of carbonyl (C=O) groups is 3. The molecule has 0 bridgehead atoms. The summed E-state index contributed by atoms with van der Waals surface area (Å²) >= 11 is 5.82. The predicted octanol–water partition coefficient (Wildman–Crippen LogP) is 0.816. The molecular formula is C14H15ClN2O4. The highest BCUT2D eigenvalue weighted by Gasteiger charge is 2.51. The van der Waals surface area contributed by atoms with Gasteiger partial charge in [-0.05, 0) is 30.5 Å². The first kappa shape index (κ1) is 15.3. The highest BCUT2D eigenvalue weighted by Crippen LogP contribution is 2.48. The fourth-order valence-electron chi connectivity index (χ4n) is 2.24. The highest BCUT2D eigenvalue weighted by molar-refractivity contribution is 6.30. The molecule has 4 N–H and O–H groups in total. The Balaban J connectivity index is 2.13. The van der Waals surface area contributed by atoms with Crippen molar-refractivity contribution < 1.29 is 19.5 Å². The molecule has 2 rings (SSSR count). The summed E-state index contributed by atoms with van der Waals surface area (Å²) in [5.74, 6) is -2.47. The van der Waals surface area contributed by atoms with E-state index >= 15 is 0 Å². The van der Waals surface area contributed by atoms with Gasteiger partial charge in [0.15, 0.2) is 0 Å². The first-order valence-electron chi connectivity index (χ1n) is 6.43. The topological polar surface area (TPSA) is 109 Å². The second-order valence-electron chi connectivity index (χ2n) is 5.12. The molecule has 7 heteroatoms. The van der Waals surface area contributed by atoms with E-state index in [0.29, 0.717) is 17.9 Å². The van der Waals surface area contributed by atoms with Gasteiger partial charge in [-0.15, -0.1) is 0 Å². The standard InChI is InChI=1S/C14H15ClN2O4/c15-9-3-1-8(2-4-9)14(5-6-14)13(21)17-10(12(19)20)7-11(16)18/h1-4,10H,5-7H2,(H2,16,18)(H,17,21)(H,19,20)/t10-/m1/s1. The lowest BCUT2D eigenvalue weighted by atomic mass is 9.94. The van der Waals surface area contributed by atoms with Crippen molar-refractivity contribution in [2.45, 2.75) is 30.7 Å². The molecule has 21 heavy (non-hydrogen) atoms. The molecule has 112 valence electrons. The van der Waals surface area contributed by atoms with E-state index in [1.54, 1.807) is 24.3 Å². The normalized spacial score (nSPS) is 16.8. The maximum atomic E-state index is 12.3. The van der Waals surface area contributed by atoms with Crippen molar-refractivity contribution in [3.05, 3.63) is 34.9 Å². The first-order chi connectivity index (χ1) is 9.85. The molecule has 1 saturated carbocycles. The number of hydrogen-bond donors (Lipinski definition) is 3. The Morgan fingerprint density at radius 3 is 2.29 bits per heavy atom. The van der Waals surface area contributed by atoms with Gasteiger partial charge in [-0.2, -0.15) is 0 Å². The molecule has 0 radical (unpaired) electrons. The molecule has 0 heterocycles. The van der Waals surface area contributed by atoms with E-state index in [0.717, 1.165) is 5.56 Å². The molecule has 6 nitrogen and oxygen atoms in total. The number of benzene rings is 1. The summed E-state index contributed by atoms with van der Waals surface area (Å²) < 4.78 is 0. The van der Waals surface area contributed by atoms with Crippen LogP contribution in [0.15, 0.2) is 24.3 Å². The molecule has 1 aliphatic rings. The van der Waals surface area contributed by atoms with E-state index < -0.39 is 35.7 Å². The van der Waals surface area contributed by atoms with Gasteiger partial charge in [0.05, 0.1) is 11.8 Å². The molecule has 2 amide bonds. The van der Waals surface area contributed by atoms with E-state index in [9.17, 15) is 14.4 Å². The number of carboxylic acids is 1. The molecule has 1 atom stereocenters. The number of amides is 2. The van der Waals surface area contributed by atoms with Gasteiger partial charge in [-0.25, -0.2) is 4.79 Å². The van der Waals surface area contributed by atoms with Gasteiger partial charge in [0, 0.05) is 5.02 Å². The number of carboxylic acid groups (broad SMARTS) is 1. The maximum absolute atomic E-state index is 12.3. The minimum atomic E-state index is -1.31. The summed E-state index contributed by atoms with van der Waals surface area (Å²) in [6, 6.07) is 5.56. The molecule has 1 aliphatic carbocycles. The SMILES string of the molecule is NC(=O)C[C@@H](NC(=O)C1(c2ccc(Cl)cc2)CC1)C(=O)O. The number of aliphatic carboxylic acids is 1. The van der Waals surface area contributed by atoms with Crippen LogP contribution in [0.25, 0.3) is 0 Å². The lowest BCUT2D eigenvalue weighted by Crippen LogP contribution is -2.47. The number of rotatable bonds is 6. The van der Waals surface area contributed by atoms with Crippen molar-refractivity contribution in [1.82, 2.24) is 5.32 Å². The number of primary amides is 1. The van der Waals surface area contributed by atoms with Crippen molar-refractivity contribution in [2.75, 3.05) is 0 Å². The lowest BCUT2D eigenvalue weighted by Gasteiger charge is -2.19. The zero-order chi connectivity index (χ0) is 15.6. The zero-order valence-corrected chi connectivity index (χ0v) is 11.9. The average molecular weight is 311 g/mol. The molecule has 0 aromatic heterocycles. The minimum absolute atomic E-state index is 0.404. The summed E-state index contributed by atoms with van der Waals surface area (Å²) in [6.45, 7) is 0. The second kappa shape index (κ2) is 5.73. The van der Waals surface area contributed by atoms with Crippen LogP contribution in [0.5, 0.6) is 0 Å². The summed E-state index contributed by atoms with van der Waals surface area (Å²) in [4.78, 5) is 34.3. The van der Waals surface area contributed by atoms with Crippen molar-refractivity contribution in [3.63, 3.8) is 0 Å². The van der Waals surface area contributed by atoms with Crippen LogP contribution in [0, 0.1) is 0 Å². The van der Waals surface area contributed by atoms with Gasteiger partial charge < -0.3 is 16.2 Å². The Bertz CT molecular complexity index is 581. The summed E-state index contributed by atoms with van der Waals surface area (Å²) in [7, 11) is 0. The quantitative estimate of drug-likeness (QED) is 0.722. The van der Waals surface area contributed by atoms with E-state index in [1.807, 2.05) is 0 Å². The largest absolute Gasteiger partial charge is 0.480 e. The Kier molecular flexibility index (Phi) is 4.18. The van der Waals surface area contributed by atoms with Crippen LogP contribution in [-0.2, 0) is 19.8 Å². The Morgan fingerprint density at radius 1 is 1.29 bits per heavy atom. The Labute approximate surface area is 126 Å². The van der Waals surface area contributed by atoms with Crippen LogP contribution in [-0.4, -0.2) is 28.9 Å². The minimum Gasteiger partial charge on any atom is -0.480 e. The van der Waals surface area contributed by atoms with Crippen molar-refractivity contribution in [2.24, 2.45) is 5.73 Å². The molecular weight excluding hydrogens is 296 g/mol. The first-order valence-corrected chi connectivity index (χ1v) is 6.81. The van der Waals surface area contributed by atoms with Crippen LogP contribution < -0.4 is 11.1 Å². The summed E-state index contributed by atoms with van der Waals surface area (Å²) in [6.07, 6.45) is 0.824. The predicted molar refractivity (Wildman–Crippen MR) is 75.7 cm³/mol. The maximum Gasteiger partial charge on any atom is 0.326 e. The molecule has 0 aliphatic heterocycles. The third-order valence-electron chi connectivity index (χ3n) is 3.59. The number of nitrogens with one attached hydrogen (secondary N) is 1. The van der Waals surface area contributed by atoms with Crippen molar-refractivity contribution in [1.29, 1.82) is 0 Å². The van der Waals surface area contributed by atoms with E-state index in [1.165, 1.54) is 0 Å². The van der Waals surface area contributed by atoms with Gasteiger partial charge >= 0.3 is 5.97 Å². The third-order valence-corrected chi connectivity index (χ3v) is 3.84.